The molecule has 0 saturated carbocycles. The van der Waals surface area contributed by atoms with Gasteiger partial charge in [0.15, 0.2) is 0 Å². The Morgan fingerprint density at radius 3 is 2.24 bits per heavy atom. The number of hydrogen-bond acceptors (Lipinski definition) is 5. The van der Waals surface area contributed by atoms with Crippen LogP contribution in [0.5, 0.6) is 5.75 Å². The quantitative estimate of drug-likeness (QED) is 0.322. The summed E-state index contributed by atoms with van der Waals surface area (Å²) in [4.78, 5) is 29.4. The molecular weight excluding hydrogens is 538 g/mol. The number of methoxy groups -OCH3 is 1. The maximum Gasteiger partial charge on any atom is 0.244 e. The first-order chi connectivity index (χ1) is 19.4. The second-order valence-electron chi connectivity index (χ2n) is 10.8. The summed E-state index contributed by atoms with van der Waals surface area (Å²) in [5.74, 6) is 0.0482. The van der Waals surface area contributed by atoms with Gasteiger partial charge in [0.1, 0.15) is 18.3 Å². The fourth-order valence-corrected chi connectivity index (χ4v) is 5.43. The summed E-state index contributed by atoms with van der Waals surface area (Å²) < 4.78 is 32.6. The lowest BCUT2D eigenvalue weighted by Gasteiger charge is -2.34. The smallest absolute Gasteiger partial charge is 0.244 e. The van der Waals surface area contributed by atoms with Gasteiger partial charge >= 0.3 is 0 Å². The molecule has 0 saturated heterocycles. The van der Waals surface area contributed by atoms with Crippen LogP contribution in [0, 0.1) is 19.8 Å². The maximum absolute atomic E-state index is 14.2. The number of anilines is 1. The molecule has 0 aromatic heterocycles. The average Bonchev–Trinajstić information content (AvgIpc) is 2.93. The van der Waals surface area contributed by atoms with Gasteiger partial charge in [-0.15, -0.1) is 0 Å². The molecule has 41 heavy (non-hydrogen) atoms. The highest BCUT2D eigenvalue weighted by Gasteiger charge is 2.33. The molecule has 3 aromatic carbocycles. The van der Waals surface area contributed by atoms with Crippen molar-refractivity contribution < 1.29 is 22.7 Å². The van der Waals surface area contributed by atoms with E-state index < -0.39 is 28.5 Å². The first-order valence-electron chi connectivity index (χ1n) is 13.7. The van der Waals surface area contributed by atoms with Crippen LogP contribution in [0.1, 0.15) is 36.1 Å². The van der Waals surface area contributed by atoms with E-state index in [2.05, 4.69) is 5.32 Å². The van der Waals surface area contributed by atoms with Crippen molar-refractivity contribution in [3.05, 3.63) is 95.1 Å². The fourth-order valence-electron chi connectivity index (χ4n) is 4.53. The average molecular weight is 580 g/mol. The summed E-state index contributed by atoms with van der Waals surface area (Å²) in [5, 5.41) is 2.99. The third-order valence-electron chi connectivity index (χ3n) is 6.76. The van der Waals surface area contributed by atoms with Crippen LogP contribution in [0.3, 0.4) is 0 Å². The zero-order chi connectivity index (χ0) is 30.2. The van der Waals surface area contributed by atoms with Gasteiger partial charge in [-0.25, -0.2) is 8.42 Å². The molecule has 0 heterocycles. The van der Waals surface area contributed by atoms with E-state index >= 15 is 0 Å². The number of nitrogens with zero attached hydrogens (tertiary/aromatic N) is 2. The minimum absolute atomic E-state index is 0.0903. The molecular formula is C32H41N3O5S. The van der Waals surface area contributed by atoms with Crippen LogP contribution in [-0.2, 0) is 32.6 Å². The van der Waals surface area contributed by atoms with Gasteiger partial charge in [0.2, 0.25) is 21.8 Å². The molecule has 2 amide bonds. The molecule has 1 atom stereocenters. The van der Waals surface area contributed by atoms with Gasteiger partial charge < -0.3 is 15.0 Å². The van der Waals surface area contributed by atoms with Crippen molar-refractivity contribution in [3.8, 4) is 5.75 Å². The van der Waals surface area contributed by atoms with E-state index in [1.807, 2.05) is 88.4 Å². The van der Waals surface area contributed by atoms with E-state index in [0.29, 0.717) is 18.0 Å². The second-order valence-corrected chi connectivity index (χ2v) is 12.7. The normalized spacial score (nSPS) is 12.1. The Balaban J connectivity index is 2.09. The van der Waals surface area contributed by atoms with E-state index in [1.165, 1.54) is 4.90 Å². The van der Waals surface area contributed by atoms with E-state index in [0.717, 1.165) is 32.8 Å². The Morgan fingerprint density at radius 2 is 1.61 bits per heavy atom. The van der Waals surface area contributed by atoms with Crippen molar-refractivity contribution in [2.45, 2.75) is 46.7 Å². The van der Waals surface area contributed by atoms with Gasteiger partial charge in [0.05, 0.1) is 19.1 Å². The summed E-state index contributed by atoms with van der Waals surface area (Å²) in [6.45, 7) is 7.77. The largest absolute Gasteiger partial charge is 0.497 e. The van der Waals surface area contributed by atoms with E-state index in [9.17, 15) is 18.0 Å². The molecule has 8 nitrogen and oxygen atoms in total. The summed E-state index contributed by atoms with van der Waals surface area (Å²) in [6, 6.07) is 21.4. The van der Waals surface area contributed by atoms with Crippen LogP contribution in [-0.4, -0.2) is 57.6 Å². The molecule has 3 aromatic rings. The van der Waals surface area contributed by atoms with Crippen LogP contribution >= 0.6 is 0 Å². The first-order valence-corrected chi connectivity index (χ1v) is 15.5. The molecule has 220 valence electrons. The number of benzene rings is 3. The van der Waals surface area contributed by atoms with Gasteiger partial charge in [-0.3, -0.25) is 13.9 Å². The molecule has 0 aliphatic rings. The molecule has 9 heteroatoms. The Hall–Kier alpha value is -3.85. The second kappa shape index (κ2) is 14.2. The minimum atomic E-state index is -3.83. The monoisotopic (exact) mass is 579 g/mol. The number of aryl methyl sites for hydroxylation is 2. The molecule has 0 aliphatic carbocycles. The number of amides is 2. The third-order valence-corrected chi connectivity index (χ3v) is 7.88. The molecule has 0 fully saturated rings. The highest BCUT2D eigenvalue weighted by molar-refractivity contribution is 7.92. The van der Waals surface area contributed by atoms with Gasteiger partial charge in [0.25, 0.3) is 0 Å². The summed E-state index contributed by atoms with van der Waals surface area (Å²) >= 11 is 0. The lowest BCUT2D eigenvalue weighted by atomic mass is 10.0. The summed E-state index contributed by atoms with van der Waals surface area (Å²) in [6.07, 6.45) is 1.36. The highest BCUT2D eigenvalue weighted by Crippen LogP contribution is 2.25. The molecule has 1 unspecified atom stereocenters. The van der Waals surface area contributed by atoms with E-state index in [4.69, 9.17) is 4.74 Å². The highest BCUT2D eigenvalue weighted by atomic mass is 32.2. The fraction of sp³-hybridized carbons (Fsp3) is 0.375. The van der Waals surface area contributed by atoms with Crippen molar-refractivity contribution >= 4 is 27.5 Å². The number of carbonyl (C=O) groups excluding carboxylic acids is 2. The van der Waals surface area contributed by atoms with Crippen LogP contribution in [0.25, 0.3) is 0 Å². The lowest BCUT2D eigenvalue weighted by molar-refractivity contribution is -0.140. The Bertz CT molecular complexity index is 1440. The SMILES string of the molecule is COc1cccc(CN(C(=O)CN(c2cc(C)ccc2C)S(C)(=O)=O)C(Cc2ccccc2)C(=O)NCC(C)C)c1. The number of ether oxygens (including phenoxy) is 1. The van der Waals surface area contributed by atoms with Crippen LogP contribution in [0.4, 0.5) is 5.69 Å². The van der Waals surface area contributed by atoms with E-state index in [-0.39, 0.29) is 24.8 Å². The Morgan fingerprint density at radius 1 is 0.927 bits per heavy atom. The summed E-state index contributed by atoms with van der Waals surface area (Å²) in [5.41, 5.74) is 3.67. The van der Waals surface area contributed by atoms with Gasteiger partial charge in [-0.2, -0.15) is 0 Å². The minimum Gasteiger partial charge on any atom is -0.497 e. The van der Waals surface area contributed by atoms with Crippen LogP contribution < -0.4 is 14.4 Å². The maximum atomic E-state index is 14.2. The van der Waals surface area contributed by atoms with Crippen molar-refractivity contribution in [2.75, 3.05) is 30.8 Å². The van der Waals surface area contributed by atoms with Crippen molar-refractivity contribution in [2.24, 2.45) is 5.92 Å². The van der Waals surface area contributed by atoms with Crippen LogP contribution in [0.2, 0.25) is 0 Å². The first kappa shape index (κ1) is 31.7. The molecule has 0 bridgehead atoms. The standard InChI is InChI=1S/C32H41N3O5S/c1-23(2)20-33-32(37)30(19-26-11-8-7-9-12-26)34(21-27-13-10-14-28(18-27)40-5)31(36)22-35(41(6,38)39)29-17-24(3)15-16-25(29)4/h7-18,23,30H,19-22H2,1-6H3,(H,33,37). The molecule has 0 aliphatic heterocycles. The topological polar surface area (TPSA) is 96.0 Å². The van der Waals surface area contributed by atoms with Gasteiger partial charge in [-0.05, 0) is 60.2 Å². The summed E-state index contributed by atoms with van der Waals surface area (Å²) in [7, 11) is -2.27. The Labute approximate surface area is 244 Å². The molecule has 0 radical (unpaired) electrons. The number of sulfonamides is 1. The Kier molecular flexibility index (Phi) is 10.9. The van der Waals surface area contributed by atoms with Gasteiger partial charge in [0, 0.05) is 19.5 Å². The zero-order valence-electron chi connectivity index (χ0n) is 24.8. The molecule has 1 N–H and O–H groups in total. The predicted octanol–water partition coefficient (Wildman–Crippen LogP) is 4.49. The molecule has 3 rings (SSSR count). The number of nitrogens with one attached hydrogen (secondary N) is 1. The van der Waals surface area contributed by atoms with Crippen molar-refractivity contribution in [1.82, 2.24) is 10.2 Å². The predicted molar refractivity (Wildman–Crippen MR) is 163 cm³/mol. The number of rotatable bonds is 13. The van der Waals surface area contributed by atoms with Crippen molar-refractivity contribution in [3.63, 3.8) is 0 Å². The van der Waals surface area contributed by atoms with Gasteiger partial charge in [-0.1, -0.05) is 68.4 Å². The van der Waals surface area contributed by atoms with Crippen LogP contribution in [0.15, 0.2) is 72.8 Å². The number of hydrogen-bond donors (Lipinski definition) is 1. The lowest BCUT2D eigenvalue weighted by Crippen LogP contribution is -2.53. The van der Waals surface area contributed by atoms with E-state index in [1.54, 1.807) is 19.2 Å². The third kappa shape index (κ3) is 9.08. The molecule has 0 spiro atoms. The van der Waals surface area contributed by atoms with Crippen molar-refractivity contribution in [1.29, 1.82) is 0 Å². The zero-order valence-corrected chi connectivity index (χ0v) is 25.6. The number of carbonyl (C=O) groups is 2.